The summed E-state index contributed by atoms with van der Waals surface area (Å²) in [7, 11) is 0. The minimum Gasteiger partial charge on any atom is -0.565 e. The molecule has 21 rings (SSSR count). The number of nitrogens with two attached hydrogens (primary N) is 2. The number of aliphatic hydroxyl groups excluding tert-OH is 19. The Hall–Kier alpha value is -2.78. The Balaban J connectivity index is 0.00000240. The van der Waals surface area contributed by atoms with E-state index in [1.54, 1.807) is 0 Å². The molecule has 39 nitrogen and oxygen atoms in total. The van der Waals surface area contributed by atoms with Crippen molar-refractivity contribution in [2.75, 3.05) is 39.6 Å². The van der Waals surface area contributed by atoms with Crippen LogP contribution >= 0.6 is 0 Å². The molecule has 0 radical (unpaired) electrons. The Morgan fingerprint density at radius 1 is 0.337 bits per heavy atom. The standard InChI is InChI=1S/C43H73N3O33.CH2O3/c1-8-29-15(52)22(59)36(66-8)75-31-10(3-47)70-40(26(63)18(31)55)79-35-14(7-51)72-42(28(65)21(35)58)78-34-13(6-50)69-39(25(62)19(34)56)74-30-9(2-46-43(44)45)67-37(23(60)16(30)53)76-32-12(5-49)71-41(27(64)20(32)57)77-33-11(4-48)68-38(73-29)24(61)17(33)54;2-1(3)4/h8-42,47-65H,2-7H2,1H3,(H4,44,45,46);(H2,2,3,4)/t8-,9-,10-,11-,12-,13-,14-,15-,16-,17-,18-,19-,20-,21-,22-,23-,24+,25-,26-,27+,28-,29-,30-,31-,32-,33-,34-,35-,36-,37-,38-,39-,40-,41-,42-;/m1./s1. The minimum atomic E-state index is -2.20. The molecule has 0 saturated carbocycles. The summed E-state index contributed by atoms with van der Waals surface area (Å²) in [5.41, 5.74) is 11.2. The van der Waals surface area contributed by atoms with Gasteiger partial charge in [-0.3, -0.25) is 16.5 Å². The first-order valence-corrected chi connectivity index (χ1v) is 26.0. The van der Waals surface area contributed by atoms with E-state index in [2.05, 4.69) is 4.99 Å². The second-order valence-corrected chi connectivity index (χ2v) is 20.6. The molecule has 21 heterocycles. The summed E-state index contributed by atoms with van der Waals surface area (Å²) >= 11 is 0. The van der Waals surface area contributed by atoms with Gasteiger partial charge in [0.1, 0.15) is 165 Å². The molecule has 0 aliphatic carbocycles. The molecular weight excluding hydrogens is 1150 g/mol. The van der Waals surface area contributed by atoms with Gasteiger partial charge in [-0.25, -0.2) is 0 Å². The first kappa shape index (κ1) is 67.7. The van der Waals surface area contributed by atoms with Crippen LogP contribution in [0.5, 0.6) is 0 Å². The van der Waals surface area contributed by atoms with Crippen molar-refractivity contribution >= 4 is 12.1 Å². The van der Waals surface area contributed by atoms with Crippen LogP contribution in [-0.2, 0) is 66.3 Å². The third-order valence-corrected chi connectivity index (χ3v) is 15.1. The predicted molar refractivity (Wildman–Crippen MR) is 247 cm³/mol. The Bertz CT molecular complexity index is 2050. The molecule has 0 unspecified atom stereocenters. The quantitative estimate of drug-likeness (QED) is 0.0831. The Labute approximate surface area is 467 Å². The van der Waals surface area contributed by atoms with Gasteiger partial charge in [0.15, 0.2) is 44.0 Å². The molecule has 39 heteroatoms. The van der Waals surface area contributed by atoms with Gasteiger partial charge < -0.3 is 178 Å². The van der Waals surface area contributed by atoms with Crippen LogP contribution < -0.4 is 21.6 Å². The number of hydrogen-bond donors (Lipinski definition) is 23. The molecule has 25 N–H and O–H groups in total. The number of ether oxygens (including phenoxy) is 14. The average Bonchev–Trinajstić information content (AvgIpc) is 3.65. The smallest absolute Gasteiger partial charge is 0.338 e. The van der Waals surface area contributed by atoms with Crippen LogP contribution in [0.3, 0.4) is 0 Å². The maximum Gasteiger partial charge on any atom is 0.338 e. The third-order valence-electron chi connectivity index (χ3n) is 15.1. The highest BCUT2D eigenvalue weighted by molar-refractivity contribution is 5.69. The van der Waals surface area contributed by atoms with Gasteiger partial charge in [0, 0.05) is 0 Å². The molecule has 83 heavy (non-hydrogen) atoms. The molecule has 0 amide bonds. The Morgan fingerprint density at radius 2 is 0.518 bits per heavy atom. The highest BCUT2D eigenvalue weighted by Gasteiger charge is 2.59. The zero-order valence-electron chi connectivity index (χ0n) is 43.6. The molecular formula is C44H75N3O36. The van der Waals surface area contributed by atoms with Crippen LogP contribution in [-0.4, -0.2) is 369 Å². The largest absolute Gasteiger partial charge is 0.565 e. The van der Waals surface area contributed by atoms with Crippen molar-refractivity contribution in [3.63, 3.8) is 0 Å². The number of nitrogens with one attached hydrogen (secondary N) is 1. The first-order chi connectivity index (χ1) is 39.2. The van der Waals surface area contributed by atoms with Gasteiger partial charge in [-0.1, -0.05) is 0 Å². The van der Waals surface area contributed by atoms with Crippen LogP contribution in [0, 0.1) is 0 Å². The lowest BCUT2D eigenvalue weighted by atomic mass is 9.95. The van der Waals surface area contributed by atoms with Crippen molar-refractivity contribution in [3.8, 4) is 0 Å². The van der Waals surface area contributed by atoms with Crippen molar-refractivity contribution in [3.05, 3.63) is 0 Å². The van der Waals surface area contributed by atoms with Crippen molar-refractivity contribution in [2.45, 2.75) is 222 Å². The lowest BCUT2D eigenvalue weighted by Gasteiger charge is -2.50. The van der Waals surface area contributed by atoms with E-state index in [-0.39, 0.29) is 0 Å². The van der Waals surface area contributed by atoms with Crippen molar-refractivity contribution in [1.82, 2.24) is 0 Å². The van der Waals surface area contributed by atoms with Crippen molar-refractivity contribution < 1.29 is 183 Å². The second kappa shape index (κ2) is 29.0. The van der Waals surface area contributed by atoms with E-state index in [4.69, 9.17) is 92.8 Å². The summed E-state index contributed by atoms with van der Waals surface area (Å²) in [5.74, 6) is -0.408. The molecule has 21 saturated heterocycles. The van der Waals surface area contributed by atoms with E-state index in [1.807, 2.05) is 0 Å². The first-order valence-electron chi connectivity index (χ1n) is 26.0. The van der Waals surface area contributed by atoms with Gasteiger partial charge in [0.05, 0.1) is 45.7 Å². The number of hydrogen-bond acceptors (Lipinski definition) is 35. The van der Waals surface area contributed by atoms with Crippen LogP contribution in [0.2, 0.25) is 0 Å². The molecule has 0 spiro atoms. The average molecular weight is 1220 g/mol. The van der Waals surface area contributed by atoms with Crippen LogP contribution in [0.25, 0.3) is 0 Å². The number of carboxylic acid groups (broad SMARTS) is 2. The molecule has 14 bridgehead atoms. The number of rotatable bonds is 7. The summed E-state index contributed by atoms with van der Waals surface area (Å²) in [6, 6.07) is 0. The monoisotopic (exact) mass is 1220 g/mol. The summed E-state index contributed by atoms with van der Waals surface area (Å²) in [6.45, 7) is -4.29. The normalized spacial score (nSPS) is 51.8. The molecule has 0 aromatic heterocycles. The van der Waals surface area contributed by atoms with Crippen molar-refractivity contribution in [1.29, 1.82) is 0 Å². The summed E-state index contributed by atoms with van der Waals surface area (Å²) < 4.78 is 80.7. The highest BCUT2D eigenvalue weighted by atomic mass is 16.8. The summed E-state index contributed by atoms with van der Waals surface area (Å²) in [4.78, 5) is 11.0. The van der Waals surface area contributed by atoms with Crippen LogP contribution in [0.15, 0.2) is 0 Å². The maximum atomic E-state index is 11.6. The maximum absolute atomic E-state index is 11.6. The fraction of sp³-hybridized carbons (Fsp3) is 0.955. The Morgan fingerprint density at radius 3 is 0.735 bits per heavy atom. The fourth-order valence-electron chi connectivity index (χ4n) is 10.6. The number of guanidine groups is 1. The third kappa shape index (κ3) is 14.5. The number of carbonyl (C=O) groups is 1. The van der Waals surface area contributed by atoms with Gasteiger partial charge in [-0.05, 0) is 6.92 Å². The van der Waals surface area contributed by atoms with E-state index in [1.165, 1.54) is 6.92 Å². The summed E-state index contributed by atoms with van der Waals surface area (Å²) in [5, 5.41) is 226. The van der Waals surface area contributed by atoms with Gasteiger partial charge in [0.25, 0.3) is 0 Å². The minimum absolute atomic E-state index is 0.408. The molecule has 21 aliphatic heterocycles. The van der Waals surface area contributed by atoms with Gasteiger partial charge >= 0.3 is 5.96 Å². The fourth-order valence-corrected chi connectivity index (χ4v) is 10.6. The second-order valence-electron chi connectivity index (χ2n) is 20.6. The van der Waals surface area contributed by atoms with Gasteiger partial charge in [0.2, 0.25) is 6.16 Å². The molecule has 482 valence electrons. The topological polar surface area (TPSA) is 640 Å². The lowest BCUT2D eigenvalue weighted by Crippen LogP contribution is -2.82. The van der Waals surface area contributed by atoms with E-state index in [0.29, 0.717) is 0 Å². The van der Waals surface area contributed by atoms with E-state index in [0.717, 1.165) is 0 Å². The van der Waals surface area contributed by atoms with E-state index < -0.39 is 267 Å². The van der Waals surface area contributed by atoms with Gasteiger partial charge in [-0.2, -0.15) is 0 Å². The zero-order valence-corrected chi connectivity index (χ0v) is 43.6. The van der Waals surface area contributed by atoms with Gasteiger partial charge in [-0.15, -0.1) is 0 Å². The molecule has 0 aromatic carbocycles. The molecule has 21 aliphatic rings. The highest BCUT2D eigenvalue weighted by Crippen LogP contribution is 2.39. The molecule has 0 aromatic rings. The predicted octanol–water partition coefficient (Wildman–Crippen LogP) is -18.0. The molecule has 35 atom stereocenters. The Kier molecular flexibility index (Phi) is 23.7. The van der Waals surface area contributed by atoms with Crippen LogP contribution in [0.1, 0.15) is 6.92 Å². The zero-order chi connectivity index (χ0) is 61.2. The number of aliphatic hydroxyl groups is 19. The SMILES string of the molecule is C[C@H]1O[C@@H]2O[C@H]3[C@H](O)[C@@H](O)[C@@H](O[C@H]4[C@H](O)[C@@H](O)[C@@H](O[C@H]5[C@H](O)[C@@H](O)[C@@H](O[C@H]6[C@H](O)[C@@H](O)[C@@H](O[C@H]7[C@H](O)[C@H](O)[C@@H](O[C@H]8[C@H](O)[C@H](O)[C@@H](O[C@H]1[C@H](O)[C@H]2O)O[C@@H]8CO)O[C@@H]7CO)O[C@@H]6C[NH+]=C(N)N)O[C@@H]5CO)O[C@@H]4CO)O[C@@H]3CO.O=C([O-])O. The van der Waals surface area contributed by atoms with E-state index in [9.17, 15) is 97.0 Å². The summed E-state index contributed by atoms with van der Waals surface area (Å²) in [6.07, 6.45) is -70.1. The van der Waals surface area contributed by atoms with Crippen LogP contribution in [0.4, 0.5) is 4.79 Å². The van der Waals surface area contributed by atoms with E-state index >= 15 is 0 Å². The lowest BCUT2D eigenvalue weighted by molar-refractivity contribution is -0.490. The van der Waals surface area contributed by atoms with Crippen molar-refractivity contribution in [2.24, 2.45) is 11.5 Å². The molecule has 21 fully saturated rings.